The van der Waals surface area contributed by atoms with Crippen molar-refractivity contribution in [2.45, 2.75) is 31.5 Å². The first-order valence-electron chi connectivity index (χ1n) is 5.80. The molecule has 0 aromatic rings. The quantitative estimate of drug-likeness (QED) is 0.780. The monoisotopic (exact) mass is 245 g/mol. The van der Waals surface area contributed by atoms with E-state index in [9.17, 15) is 14.0 Å². The number of carboxylic acids is 1. The number of carbonyl (C=O) groups is 2. The van der Waals surface area contributed by atoms with Crippen LogP contribution in [0.3, 0.4) is 0 Å². The van der Waals surface area contributed by atoms with Gasteiger partial charge in [0.1, 0.15) is 0 Å². The van der Waals surface area contributed by atoms with Crippen molar-refractivity contribution in [3.05, 3.63) is 0 Å². The Morgan fingerprint density at radius 3 is 2.82 bits per heavy atom. The van der Waals surface area contributed by atoms with Crippen molar-refractivity contribution in [2.24, 2.45) is 5.92 Å². The zero-order valence-corrected chi connectivity index (χ0v) is 9.69. The lowest BCUT2D eigenvalue weighted by Gasteiger charge is -2.17. The van der Waals surface area contributed by atoms with Gasteiger partial charge in [0, 0.05) is 19.6 Å². The zero-order chi connectivity index (χ0) is 12.6. The summed E-state index contributed by atoms with van der Waals surface area (Å²) in [6, 6.07) is 0. The number of alkyl halides is 1. The smallest absolute Gasteiger partial charge is 0.343 e. The molecule has 0 bridgehead atoms. The van der Waals surface area contributed by atoms with Gasteiger partial charge in [0.25, 0.3) is 0 Å². The van der Waals surface area contributed by atoms with Gasteiger partial charge in [-0.25, -0.2) is 9.18 Å². The second-order valence-electron chi connectivity index (χ2n) is 4.62. The van der Waals surface area contributed by atoms with Crippen molar-refractivity contribution in [2.75, 3.05) is 19.7 Å². The molecule has 2 aliphatic rings. The van der Waals surface area contributed by atoms with E-state index in [0.29, 0.717) is 13.0 Å². The van der Waals surface area contributed by atoms with Crippen LogP contribution in [-0.2, 0) is 14.3 Å². The summed E-state index contributed by atoms with van der Waals surface area (Å²) in [7, 11) is 0. The van der Waals surface area contributed by atoms with Crippen molar-refractivity contribution >= 4 is 11.9 Å². The van der Waals surface area contributed by atoms with Crippen molar-refractivity contribution in [3.8, 4) is 0 Å². The molecule has 0 spiro atoms. The molecule has 1 N–H and O–H groups in total. The molecule has 0 aromatic heterocycles. The van der Waals surface area contributed by atoms with Crippen LogP contribution in [0.5, 0.6) is 0 Å². The van der Waals surface area contributed by atoms with E-state index in [0.717, 1.165) is 0 Å². The molecule has 2 fully saturated rings. The van der Waals surface area contributed by atoms with Gasteiger partial charge in [-0.05, 0) is 13.3 Å². The topological polar surface area (TPSA) is 66.8 Å². The van der Waals surface area contributed by atoms with Gasteiger partial charge in [0.2, 0.25) is 11.6 Å². The average Bonchev–Trinajstić information content (AvgIpc) is 2.91. The summed E-state index contributed by atoms with van der Waals surface area (Å²) in [5.74, 6) is -1.86. The van der Waals surface area contributed by atoms with Gasteiger partial charge < -0.3 is 14.7 Å². The Hall–Kier alpha value is -1.17. The lowest BCUT2D eigenvalue weighted by molar-refractivity contribution is -0.150. The van der Waals surface area contributed by atoms with Crippen LogP contribution in [0.2, 0.25) is 0 Å². The van der Waals surface area contributed by atoms with Gasteiger partial charge in [0.05, 0.1) is 18.6 Å². The summed E-state index contributed by atoms with van der Waals surface area (Å²) in [4.78, 5) is 23.9. The molecule has 2 rings (SSSR count). The Balaban J connectivity index is 1.89. The van der Waals surface area contributed by atoms with E-state index in [1.54, 1.807) is 0 Å². The minimum atomic E-state index is -2.27. The molecule has 6 heteroatoms. The highest BCUT2D eigenvalue weighted by Gasteiger charge is 2.52. The average molecular weight is 245 g/mol. The molecular formula is C11H16FNO4. The number of halogens is 1. The summed E-state index contributed by atoms with van der Waals surface area (Å²) < 4.78 is 19.0. The number of nitrogens with zero attached hydrogens (tertiary/aromatic N) is 1. The number of carbonyl (C=O) groups excluding carboxylic acids is 1. The maximum absolute atomic E-state index is 13.7. The molecule has 1 saturated heterocycles. The number of carboxylic acid groups (broad SMARTS) is 1. The van der Waals surface area contributed by atoms with Crippen LogP contribution in [0, 0.1) is 5.92 Å². The largest absolute Gasteiger partial charge is 0.479 e. The van der Waals surface area contributed by atoms with E-state index in [-0.39, 0.29) is 37.4 Å². The van der Waals surface area contributed by atoms with E-state index < -0.39 is 11.6 Å². The van der Waals surface area contributed by atoms with Gasteiger partial charge in [-0.3, -0.25) is 4.79 Å². The minimum Gasteiger partial charge on any atom is -0.479 e. The van der Waals surface area contributed by atoms with Crippen LogP contribution in [0.15, 0.2) is 0 Å². The number of ether oxygens (including phenoxy) is 1. The van der Waals surface area contributed by atoms with Crippen molar-refractivity contribution in [1.82, 2.24) is 4.90 Å². The number of amides is 1. The molecule has 3 atom stereocenters. The minimum absolute atomic E-state index is 0.0630. The van der Waals surface area contributed by atoms with Crippen molar-refractivity contribution < 1.29 is 23.8 Å². The zero-order valence-electron chi connectivity index (χ0n) is 9.69. The number of hydrogen-bond acceptors (Lipinski definition) is 3. The first-order chi connectivity index (χ1) is 7.98. The molecule has 0 radical (unpaired) electrons. The van der Waals surface area contributed by atoms with Crippen LogP contribution in [0.4, 0.5) is 4.39 Å². The fourth-order valence-electron chi connectivity index (χ4n) is 2.20. The van der Waals surface area contributed by atoms with Crippen LogP contribution in [-0.4, -0.2) is 53.4 Å². The molecule has 1 aliphatic carbocycles. The third-order valence-corrected chi connectivity index (χ3v) is 3.34. The third kappa shape index (κ3) is 2.26. The predicted molar refractivity (Wildman–Crippen MR) is 56.2 cm³/mol. The molecule has 1 aliphatic heterocycles. The normalized spacial score (nSPS) is 36.0. The van der Waals surface area contributed by atoms with Crippen LogP contribution < -0.4 is 0 Å². The first-order valence-corrected chi connectivity index (χ1v) is 5.80. The maximum atomic E-state index is 13.7. The Labute approximate surface area is 98.5 Å². The summed E-state index contributed by atoms with van der Waals surface area (Å²) in [5, 5.41) is 8.72. The third-order valence-electron chi connectivity index (χ3n) is 3.34. The second kappa shape index (κ2) is 4.25. The summed E-state index contributed by atoms with van der Waals surface area (Å²) in [6.45, 7) is 2.25. The van der Waals surface area contributed by atoms with Crippen LogP contribution in [0.1, 0.15) is 19.8 Å². The van der Waals surface area contributed by atoms with E-state index >= 15 is 0 Å². The highest BCUT2D eigenvalue weighted by molar-refractivity contribution is 5.85. The number of likely N-dealkylation sites (tertiary alicyclic amines) is 1. The fourth-order valence-corrected chi connectivity index (χ4v) is 2.20. The summed E-state index contributed by atoms with van der Waals surface area (Å²) in [6.07, 6.45) is 0.474. The van der Waals surface area contributed by atoms with E-state index in [1.165, 1.54) is 4.90 Å². The van der Waals surface area contributed by atoms with Crippen molar-refractivity contribution in [1.29, 1.82) is 0 Å². The van der Waals surface area contributed by atoms with Crippen molar-refractivity contribution in [3.63, 3.8) is 0 Å². The molecule has 5 nitrogen and oxygen atoms in total. The van der Waals surface area contributed by atoms with Gasteiger partial charge >= 0.3 is 5.97 Å². The molecular weight excluding hydrogens is 229 g/mol. The van der Waals surface area contributed by atoms with E-state index in [1.807, 2.05) is 6.92 Å². The lowest BCUT2D eigenvalue weighted by atomic mass is 10.1. The molecule has 3 unspecified atom stereocenters. The van der Waals surface area contributed by atoms with Gasteiger partial charge in [-0.15, -0.1) is 0 Å². The molecule has 1 amide bonds. The van der Waals surface area contributed by atoms with E-state index in [4.69, 9.17) is 9.84 Å². The first kappa shape index (κ1) is 12.3. The SMILES string of the molecule is CCOC1CC1C(=O)N1CCC(F)(C(=O)O)C1. The van der Waals surface area contributed by atoms with Crippen LogP contribution in [0.25, 0.3) is 0 Å². The number of aliphatic carboxylic acids is 1. The molecule has 96 valence electrons. The number of hydrogen-bond donors (Lipinski definition) is 1. The molecule has 1 saturated carbocycles. The van der Waals surface area contributed by atoms with E-state index in [2.05, 4.69) is 0 Å². The Bertz CT molecular complexity index is 348. The fraction of sp³-hybridized carbons (Fsp3) is 0.818. The molecule has 0 aromatic carbocycles. The summed E-state index contributed by atoms with van der Waals surface area (Å²) >= 11 is 0. The molecule has 1 heterocycles. The highest BCUT2D eigenvalue weighted by atomic mass is 19.1. The maximum Gasteiger partial charge on any atom is 0.343 e. The Morgan fingerprint density at radius 1 is 1.59 bits per heavy atom. The molecule has 17 heavy (non-hydrogen) atoms. The lowest BCUT2D eigenvalue weighted by Crippen LogP contribution is -2.39. The standard InChI is InChI=1S/C11H16FNO4/c1-2-17-8-5-7(8)9(14)13-4-3-11(12,6-13)10(15)16/h7-8H,2-6H2,1H3,(H,15,16). The predicted octanol–water partition coefficient (Wildman–Crippen LogP) is 0.437. The Kier molecular flexibility index (Phi) is 3.07. The van der Waals surface area contributed by atoms with Crippen LogP contribution >= 0.6 is 0 Å². The van der Waals surface area contributed by atoms with Gasteiger partial charge in [-0.1, -0.05) is 0 Å². The second-order valence-corrected chi connectivity index (χ2v) is 4.62. The summed E-state index contributed by atoms with van der Waals surface area (Å²) in [5.41, 5.74) is -2.27. The van der Waals surface area contributed by atoms with Gasteiger partial charge in [0.15, 0.2) is 0 Å². The number of rotatable bonds is 4. The Morgan fingerprint density at radius 2 is 2.29 bits per heavy atom. The van der Waals surface area contributed by atoms with Gasteiger partial charge in [-0.2, -0.15) is 0 Å². The highest BCUT2D eigenvalue weighted by Crippen LogP contribution is 2.37.